The average Bonchev–Trinajstić information content (AvgIpc) is 2.79. The average molecular weight is 409 g/mol. The van der Waals surface area contributed by atoms with Gasteiger partial charge in [0.25, 0.3) is 0 Å². The number of Topliss-reactive ketones (excluding diaryl/α,β-unsaturated/α-hetero) is 1. The Balaban J connectivity index is 1.83. The third-order valence-electron chi connectivity index (χ3n) is 5.76. The molecule has 0 aliphatic heterocycles. The monoisotopic (exact) mass is 408 g/mol. The first-order chi connectivity index (χ1) is 14.7. The summed E-state index contributed by atoms with van der Waals surface area (Å²) in [5.74, 6) is 0.0652. The summed E-state index contributed by atoms with van der Waals surface area (Å²) in [5.41, 5.74) is 4.48. The highest BCUT2D eigenvalue weighted by Gasteiger charge is 2.15. The van der Waals surface area contributed by atoms with Crippen molar-refractivity contribution in [2.75, 3.05) is 6.61 Å². The molecule has 0 radical (unpaired) electrons. The Bertz CT molecular complexity index is 715. The SMILES string of the molecule is CCCCCCCc1ccc(-c2ccc(C(=O)C(C)OCCCCCC)cc2)cc1. The van der Waals surface area contributed by atoms with Crippen molar-refractivity contribution in [3.63, 3.8) is 0 Å². The molecule has 0 saturated heterocycles. The Labute approximate surface area is 184 Å². The van der Waals surface area contributed by atoms with Gasteiger partial charge in [-0.05, 0) is 42.9 Å². The lowest BCUT2D eigenvalue weighted by atomic mass is 9.99. The van der Waals surface area contributed by atoms with Gasteiger partial charge in [-0.1, -0.05) is 107 Å². The Morgan fingerprint density at radius 2 is 1.27 bits per heavy atom. The molecule has 164 valence electrons. The first kappa shape index (κ1) is 24.3. The maximum atomic E-state index is 12.6. The number of carbonyl (C=O) groups is 1. The van der Waals surface area contributed by atoms with Crippen LogP contribution < -0.4 is 0 Å². The zero-order valence-electron chi connectivity index (χ0n) is 19.3. The van der Waals surface area contributed by atoms with Crippen LogP contribution >= 0.6 is 0 Å². The van der Waals surface area contributed by atoms with Crippen LogP contribution in [0.5, 0.6) is 0 Å². The van der Waals surface area contributed by atoms with Crippen LogP contribution in [-0.2, 0) is 11.2 Å². The minimum atomic E-state index is -0.380. The summed E-state index contributed by atoms with van der Waals surface area (Å²) in [7, 11) is 0. The molecule has 0 aromatic heterocycles. The number of hydrogen-bond acceptors (Lipinski definition) is 2. The maximum Gasteiger partial charge on any atom is 0.191 e. The summed E-state index contributed by atoms with van der Waals surface area (Å²) in [6.07, 6.45) is 12.0. The van der Waals surface area contributed by atoms with Crippen LogP contribution in [0.1, 0.15) is 94.5 Å². The Hall–Kier alpha value is -1.93. The summed E-state index contributed by atoms with van der Waals surface area (Å²) in [6.45, 7) is 6.97. The van der Waals surface area contributed by atoms with Gasteiger partial charge in [-0.3, -0.25) is 4.79 Å². The number of hydrogen-bond donors (Lipinski definition) is 0. The van der Waals surface area contributed by atoms with Gasteiger partial charge in [0.05, 0.1) is 0 Å². The lowest BCUT2D eigenvalue weighted by Crippen LogP contribution is -2.21. The minimum absolute atomic E-state index is 0.0652. The topological polar surface area (TPSA) is 26.3 Å². The number of aryl methyl sites for hydroxylation is 1. The molecule has 30 heavy (non-hydrogen) atoms. The number of carbonyl (C=O) groups excluding carboxylic acids is 1. The van der Waals surface area contributed by atoms with Gasteiger partial charge in [-0.15, -0.1) is 0 Å². The molecular formula is C28H40O2. The molecule has 0 heterocycles. The summed E-state index contributed by atoms with van der Waals surface area (Å²) in [5, 5.41) is 0. The highest BCUT2D eigenvalue weighted by molar-refractivity contribution is 5.99. The number of benzene rings is 2. The molecule has 2 heteroatoms. The van der Waals surface area contributed by atoms with Crippen LogP contribution in [0.25, 0.3) is 11.1 Å². The largest absolute Gasteiger partial charge is 0.370 e. The summed E-state index contributed by atoms with van der Waals surface area (Å²) in [4.78, 5) is 12.6. The minimum Gasteiger partial charge on any atom is -0.370 e. The van der Waals surface area contributed by atoms with E-state index in [2.05, 4.69) is 38.1 Å². The van der Waals surface area contributed by atoms with Crippen LogP contribution in [0.2, 0.25) is 0 Å². The van der Waals surface area contributed by atoms with Crippen molar-refractivity contribution >= 4 is 5.78 Å². The van der Waals surface area contributed by atoms with E-state index in [-0.39, 0.29) is 11.9 Å². The first-order valence-electron chi connectivity index (χ1n) is 12.0. The molecular weight excluding hydrogens is 368 g/mol. The van der Waals surface area contributed by atoms with Gasteiger partial charge in [0.1, 0.15) is 6.10 Å². The molecule has 2 aromatic carbocycles. The van der Waals surface area contributed by atoms with Crippen LogP contribution in [0.4, 0.5) is 0 Å². The van der Waals surface area contributed by atoms with Crippen LogP contribution in [-0.4, -0.2) is 18.5 Å². The number of rotatable bonds is 15. The van der Waals surface area contributed by atoms with Crippen molar-refractivity contribution in [2.24, 2.45) is 0 Å². The Morgan fingerprint density at radius 3 is 1.87 bits per heavy atom. The lowest BCUT2D eigenvalue weighted by molar-refractivity contribution is 0.0464. The molecule has 0 bridgehead atoms. The fraction of sp³-hybridized carbons (Fsp3) is 0.536. The van der Waals surface area contributed by atoms with Gasteiger partial charge in [0.15, 0.2) is 5.78 Å². The van der Waals surface area contributed by atoms with Crippen molar-refractivity contribution in [1.29, 1.82) is 0 Å². The molecule has 1 atom stereocenters. The fourth-order valence-electron chi connectivity index (χ4n) is 3.72. The molecule has 0 saturated carbocycles. The molecule has 0 spiro atoms. The molecule has 0 aliphatic carbocycles. The van der Waals surface area contributed by atoms with E-state index in [4.69, 9.17) is 4.74 Å². The van der Waals surface area contributed by atoms with Crippen molar-refractivity contribution < 1.29 is 9.53 Å². The normalized spacial score (nSPS) is 12.1. The van der Waals surface area contributed by atoms with Gasteiger partial charge >= 0.3 is 0 Å². The van der Waals surface area contributed by atoms with E-state index in [0.29, 0.717) is 6.61 Å². The van der Waals surface area contributed by atoms with E-state index in [9.17, 15) is 4.79 Å². The second kappa shape index (κ2) is 14.1. The quantitative estimate of drug-likeness (QED) is 0.220. The lowest BCUT2D eigenvalue weighted by Gasteiger charge is -2.12. The number of unbranched alkanes of at least 4 members (excludes halogenated alkanes) is 7. The third kappa shape index (κ3) is 8.44. The maximum absolute atomic E-state index is 12.6. The number of ether oxygens (including phenoxy) is 1. The van der Waals surface area contributed by atoms with E-state index < -0.39 is 0 Å². The van der Waals surface area contributed by atoms with E-state index >= 15 is 0 Å². The van der Waals surface area contributed by atoms with Crippen molar-refractivity contribution in [2.45, 2.75) is 91.1 Å². The predicted molar refractivity (Wildman–Crippen MR) is 128 cm³/mol. The molecule has 2 nitrogen and oxygen atoms in total. The smallest absolute Gasteiger partial charge is 0.191 e. The molecule has 2 rings (SSSR count). The zero-order valence-corrected chi connectivity index (χ0v) is 19.3. The Morgan fingerprint density at radius 1 is 0.733 bits per heavy atom. The van der Waals surface area contributed by atoms with Crippen LogP contribution in [0.3, 0.4) is 0 Å². The first-order valence-corrected chi connectivity index (χ1v) is 12.0. The van der Waals surface area contributed by atoms with Gasteiger partial charge < -0.3 is 4.74 Å². The van der Waals surface area contributed by atoms with Crippen molar-refractivity contribution in [3.05, 3.63) is 59.7 Å². The Kier molecular flexibility index (Phi) is 11.5. The van der Waals surface area contributed by atoms with Crippen LogP contribution in [0.15, 0.2) is 48.5 Å². The van der Waals surface area contributed by atoms with E-state index in [0.717, 1.165) is 24.0 Å². The molecule has 0 aliphatic rings. The van der Waals surface area contributed by atoms with Crippen LogP contribution in [0, 0.1) is 0 Å². The van der Waals surface area contributed by atoms with E-state index in [1.165, 1.54) is 62.5 Å². The molecule has 1 unspecified atom stereocenters. The zero-order chi connectivity index (χ0) is 21.6. The van der Waals surface area contributed by atoms with Gasteiger partial charge in [0, 0.05) is 12.2 Å². The number of ketones is 1. The second-order valence-corrected chi connectivity index (χ2v) is 8.38. The molecule has 2 aromatic rings. The molecule has 0 N–H and O–H groups in total. The van der Waals surface area contributed by atoms with E-state index in [1.807, 2.05) is 31.2 Å². The van der Waals surface area contributed by atoms with Gasteiger partial charge in [-0.25, -0.2) is 0 Å². The third-order valence-corrected chi connectivity index (χ3v) is 5.76. The van der Waals surface area contributed by atoms with Crippen molar-refractivity contribution in [3.8, 4) is 11.1 Å². The standard InChI is InChI=1S/C28H40O2/c1-4-6-8-10-11-13-24-14-16-25(17-15-24)26-18-20-27(21-19-26)28(29)23(3)30-22-12-9-7-5-2/h14-21,23H,4-13,22H2,1-3H3. The highest BCUT2D eigenvalue weighted by atomic mass is 16.5. The summed E-state index contributed by atoms with van der Waals surface area (Å²) < 4.78 is 5.74. The summed E-state index contributed by atoms with van der Waals surface area (Å²) in [6, 6.07) is 16.8. The van der Waals surface area contributed by atoms with Gasteiger partial charge in [-0.2, -0.15) is 0 Å². The summed E-state index contributed by atoms with van der Waals surface area (Å²) >= 11 is 0. The second-order valence-electron chi connectivity index (χ2n) is 8.38. The molecule has 0 fully saturated rings. The highest BCUT2D eigenvalue weighted by Crippen LogP contribution is 2.22. The van der Waals surface area contributed by atoms with Crippen molar-refractivity contribution in [1.82, 2.24) is 0 Å². The molecule has 0 amide bonds. The fourth-order valence-corrected chi connectivity index (χ4v) is 3.72. The predicted octanol–water partition coefficient (Wildman–Crippen LogP) is 8.03. The van der Waals surface area contributed by atoms with Gasteiger partial charge in [0.2, 0.25) is 0 Å². The van der Waals surface area contributed by atoms with E-state index in [1.54, 1.807) is 0 Å².